The molecule has 1 aromatic heterocycles. The molecule has 2 heterocycles. The predicted molar refractivity (Wildman–Crippen MR) is 100.0 cm³/mol. The molecule has 0 bridgehead atoms. The highest BCUT2D eigenvalue weighted by atomic mass is 16.6. The van der Waals surface area contributed by atoms with Crippen molar-refractivity contribution in [3.63, 3.8) is 0 Å². The molecule has 0 aliphatic carbocycles. The first kappa shape index (κ1) is 19.1. The van der Waals surface area contributed by atoms with E-state index in [1.165, 1.54) is 0 Å². The second-order valence-corrected chi connectivity index (χ2v) is 7.55. The largest absolute Gasteiger partial charge is 0.497 e. The van der Waals surface area contributed by atoms with Gasteiger partial charge in [0, 0.05) is 24.2 Å². The molecule has 2 aromatic rings. The number of carbonyl (C=O) groups excluding carboxylic acids is 1. The molecule has 0 spiro atoms. The molecule has 1 atom stereocenters. The summed E-state index contributed by atoms with van der Waals surface area (Å²) in [7, 11) is 3.20. The van der Waals surface area contributed by atoms with Gasteiger partial charge in [-0.3, -0.25) is 4.90 Å². The third-order valence-electron chi connectivity index (χ3n) is 4.38. The van der Waals surface area contributed by atoms with Gasteiger partial charge in [-0.1, -0.05) is 5.16 Å². The van der Waals surface area contributed by atoms with Gasteiger partial charge < -0.3 is 18.7 Å². The monoisotopic (exact) mass is 374 g/mol. The van der Waals surface area contributed by atoms with E-state index in [9.17, 15) is 4.79 Å². The Morgan fingerprint density at radius 1 is 1.15 bits per heavy atom. The maximum atomic E-state index is 12.5. The molecule has 7 nitrogen and oxygen atoms in total. The molecule has 1 unspecified atom stereocenters. The Morgan fingerprint density at radius 3 is 2.41 bits per heavy atom. The zero-order valence-corrected chi connectivity index (χ0v) is 16.4. The summed E-state index contributed by atoms with van der Waals surface area (Å²) < 4.78 is 21.7. The summed E-state index contributed by atoms with van der Waals surface area (Å²) in [5.41, 5.74) is 0.953. The first-order chi connectivity index (χ1) is 12.8. The SMILES string of the molecule is COc1cc(OC)cc(-c2cc(C3CCCN3C(=O)OC(C)(C)C)on2)c1. The van der Waals surface area contributed by atoms with E-state index >= 15 is 0 Å². The van der Waals surface area contributed by atoms with Crippen LogP contribution in [-0.4, -0.2) is 42.5 Å². The number of nitrogens with zero attached hydrogens (tertiary/aromatic N) is 2. The van der Waals surface area contributed by atoms with Crippen molar-refractivity contribution in [1.82, 2.24) is 10.1 Å². The normalized spacial score (nSPS) is 17.1. The summed E-state index contributed by atoms with van der Waals surface area (Å²) in [6.07, 6.45) is 1.38. The van der Waals surface area contributed by atoms with Gasteiger partial charge in [0.05, 0.1) is 20.3 Å². The van der Waals surface area contributed by atoms with E-state index < -0.39 is 5.60 Å². The van der Waals surface area contributed by atoms with E-state index in [0.717, 1.165) is 18.4 Å². The minimum Gasteiger partial charge on any atom is -0.497 e. The van der Waals surface area contributed by atoms with E-state index in [-0.39, 0.29) is 12.1 Å². The molecule has 0 N–H and O–H groups in total. The minimum atomic E-state index is -0.534. The number of likely N-dealkylation sites (tertiary alicyclic amines) is 1. The number of rotatable bonds is 4. The lowest BCUT2D eigenvalue weighted by molar-refractivity contribution is 0.0204. The van der Waals surface area contributed by atoms with Crippen molar-refractivity contribution < 1.29 is 23.5 Å². The molecule has 1 fully saturated rings. The van der Waals surface area contributed by atoms with E-state index in [4.69, 9.17) is 18.7 Å². The summed E-state index contributed by atoms with van der Waals surface area (Å²) in [5.74, 6) is 1.99. The van der Waals surface area contributed by atoms with Gasteiger partial charge in [-0.2, -0.15) is 0 Å². The number of carbonyl (C=O) groups is 1. The van der Waals surface area contributed by atoms with Gasteiger partial charge in [0.1, 0.15) is 22.8 Å². The van der Waals surface area contributed by atoms with Crippen LogP contribution in [-0.2, 0) is 4.74 Å². The van der Waals surface area contributed by atoms with E-state index in [1.807, 2.05) is 39.0 Å². The molecular formula is C20H26N2O5. The summed E-state index contributed by atoms with van der Waals surface area (Å²) in [5, 5.41) is 4.19. The van der Waals surface area contributed by atoms with Crippen LogP contribution in [0.5, 0.6) is 11.5 Å². The maximum absolute atomic E-state index is 12.5. The lowest BCUT2D eigenvalue weighted by atomic mass is 10.1. The number of ether oxygens (including phenoxy) is 3. The van der Waals surface area contributed by atoms with Crippen LogP contribution in [0.4, 0.5) is 4.79 Å². The fourth-order valence-electron chi connectivity index (χ4n) is 3.14. The quantitative estimate of drug-likeness (QED) is 0.788. The number of hydrogen-bond donors (Lipinski definition) is 0. The van der Waals surface area contributed by atoms with Crippen LogP contribution in [0.2, 0.25) is 0 Å². The number of hydrogen-bond acceptors (Lipinski definition) is 6. The number of benzene rings is 1. The number of methoxy groups -OCH3 is 2. The minimum absolute atomic E-state index is 0.173. The summed E-state index contributed by atoms with van der Waals surface area (Å²) in [6, 6.07) is 7.22. The Kier molecular flexibility index (Phi) is 5.30. The van der Waals surface area contributed by atoms with Crippen LogP contribution in [0.25, 0.3) is 11.3 Å². The molecule has 27 heavy (non-hydrogen) atoms. The van der Waals surface area contributed by atoms with Crippen molar-refractivity contribution >= 4 is 6.09 Å². The highest BCUT2D eigenvalue weighted by molar-refractivity contribution is 5.69. The van der Waals surface area contributed by atoms with Crippen LogP contribution in [0.1, 0.15) is 45.4 Å². The van der Waals surface area contributed by atoms with Crippen LogP contribution in [0, 0.1) is 0 Å². The van der Waals surface area contributed by atoms with Gasteiger partial charge in [-0.25, -0.2) is 4.79 Å². The fourth-order valence-corrected chi connectivity index (χ4v) is 3.14. The Labute approximate surface area is 159 Å². The summed E-state index contributed by atoms with van der Waals surface area (Å²) in [6.45, 7) is 6.22. The van der Waals surface area contributed by atoms with E-state index in [2.05, 4.69) is 5.16 Å². The van der Waals surface area contributed by atoms with E-state index in [1.54, 1.807) is 25.2 Å². The molecule has 1 aromatic carbocycles. The zero-order valence-electron chi connectivity index (χ0n) is 16.4. The zero-order chi connectivity index (χ0) is 19.6. The summed E-state index contributed by atoms with van der Waals surface area (Å²) in [4.78, 5) is 14.2. The lowest BCUT2D eigenvalue weighted by Gasteiger charge is -2.27. The Hall–Kier alpha value is -2.70. The standard InChI is InChI=1S/C20H26N2O5/c1-20(2,3)26-19(23)22-8-6-7-17(22)18-12-16(21-27-18)13-9-14(24-4)11-15(10-13)25-5/h9-12,17H,6-8H2,1-5H3. The second-order valence-electron chi connectivity index (χ2n) is 7.55. The topological polar surface area (TPSA) is 74.0 Å². The van der Waals surface area contributed by atoms with Crippen LogP contribution < -0.4 is 9.47 Å². The Bertz CT molecular complexity index is 787. The van der Waals surface area contributed by atoms with Gasteiger partial charge in [0.25, 0.3) is 0 Å². The molecule has 1 saturated heterocycles. The molecule has 0 radical (unpaired) electrons. The molecule has 1 aliphatic heterocycles. The molecule has 146 valence electrons. The van der Waals surface area contributed by atoms with Crippen molar-refractivity contribution in [2.24, 2.45) is 0 Å². The molecule has 1 aliphatic rings. The van der Waals surface area contributed by atoms with Crippen molar-refractivity contribution in [2.45, 2.75) is 45.3 Å². The molecule has 1 amide bonds. The van der Waals surface area contributed by atoms with Crippen molar-refractivity contribution in [3.05, 3.63) is 30.0 Å². The third-order valence-corrected chi connectivity index (χ3v) is 4.38. The average Bonchev–Trinajstić information content (AvgIpc) is 3.28. The predicted octanol–water partition coefficient (Wildman–Crippen LogP) is 4.43. The van der Waals surface area contributed by atoms with Gasteiger partial charge in [0.2, 0.25) is 0 Å². The van der Waals surface area contributed by atoms with Gasteiger partial charge >= 0.3 is 6.09 Å². The molecule has 3 rings (SSSR count). The van der Waals surface area contributed by atoms with Crippen molar-refractivity contribution in [2.75, 3.05) is 20.8 Å². The van der Waals surface area contributed by atoms with Crippen LogP contribution >= 0.6 is 0 Å². The Balaban J connectivity index is 1.84. The number of aromatic nitrogens is 1. The summed E-state index contributed by atoms with van der Waals surface area (Å²) >= 11 is 0. The lowest BCUT2D eigenvalue weighted by Crippen LogP contribution is -2.36. The highest BCUT2D eigenvalue weighted by Gasteiger charge is 2.35. The smallest absolute Gasteiger partial charge is 0.410 e. The van der Waals surface area contributed by atoms with Gasteiger partial charge in [-0.05, 0) is 45.7 Å². The van der Waals surface area contributed by atoms with E-state index in [0.29, 0.717) is 29.5 Å². The average molecular weight is 374 g/mol. The fraction of sp³-hybridized carbons (Fsp3) is 0.500. The molecule has 0 saturated carbocycles. The van der Waals surface area contributed by atoms with Gasteiger partial charge in [-0.15, -0.1) is 0 Å². The Morgan fingerprint density at radius 2 is 1.81 bits per heavy atom. The second kappa shape index (κ2) is 7.50. The van der Waals surface area contributed by atoms with Crippen LogP contribution in [0.15, 0.2) is 28.8 Å². The van der Waals surface area contributed by atoms with Crippen molar-refractivity contribution in [3.8, 4) is 22.8 Å². The third kappa shape index (κ3) is 4.35. The first-order valence-corrected chi connectivity index (χ1v) is 9.00. The van der Waals surface area contributed by atoms with Gasteiger partial charge in [0.15, 0.2) is 5.76 Å². The van der Waals surface area contributed by atoms with Crippen LogP contribution in [0.3, 0.4) is 0 Å². The maximum Gasteiger partial charge on any atom is 0.410 e. The molecular weight excluding hydrogens is 348 g/mol. The van der Waals surface area contributed by atoms with Crippen molar-refractivity contribution in [1.29, 1.82) is 0 Å². The first-order valence-electron chi connectivity index (χ1n) is 9.00. The highest BCUT2D eigenvalue weighted by Crippen LogP contribution is 2.36. The number of amides is 1. The molecule has 7 heteroatoms.